The third-order valence-corrected chi connectivity index (χ3v) is 6.71. The van der Waals surface area contributed by atoms with Crippen molar-refractivity contribution in [1.82, 2.24) is 19.4 Å². The van der Waals surface area contributed by atoms with Crippen LogP contribution in [0.15, 0.2) is 36.5 Å². The molecule has 1 amide bonds. The average Bonchev–Trinajstić information content (AvgIpc) is 3.39. The van der Waals surface area contributed by atoms with Gasteiger partial charge in [-0.05, 0) is 55.5 Å². The average molecular weight is 459 g/mol. The molecule has 0 atom stereocenters. The topological polar surface area (TPSA) is 51.0 Å². The summed E-state index contributed by atoms with van der Waals surface area (Å²) in [5.41, 5.74) is 2.34. The summed E-state index contributed by atoms with van der Waals surface area (Å²) in [6, 6.07) is 9.36. The van der Waals surface area contributed by atoms with Gasteiger partial charge in [-0.25, -0.2) is 9.97 Å². The number of fused-ring (bicyclic) bond motifs is 1. The fourth-order valence-electron chi connectivity index (χ4n) is 4.28. The standard InChI is InChI=1S/C24H28Cl2N4O/c1-16(2)11-13-29(24(31)17-9-10-19(25)20(26)14-17)15-22-28-21-8-5-12-27-23(21)30(22)18-6-3-4-7-18/h5,8-10,12,14,16,18H,3-4,6-7,11,13,15H2,1-2H3. The fourth-order valence-corrected chi connectivity index (χ4v) is 4.58. The zero-order valence-corrected chi connectivity index (χ0v) is 19.5. The summed E-state index contributed by atoms with van der Waals surface area (Å²) in [6.45, 7) is 5.43. The van der Waals surface area contributed by atoms with Crippen LogP contribution in [0.25, 0.3) is 11.2 Å². The fraction of sp³-hybridized carbons (Fsp3) is 0.458. The molecule has 0 saturated heterocycles. The van der Waals surface area contributed by atoms with Crippen LogP contribution in [0.1, 0.15) is 68.2 Å². The molecule has 0 aliphatic heterocycles. The number of amides is 1. The Morgan fingerprint density at radius 3 is 2.68 bits per heavy atom. The minimum atomic E-state index is -0.0581. The van der Waals surface area contributed by atoms with E-state index in [0.29, 0.717) is 40.7 Å². The predicted molar refractivity (Wildman–Crippen MR) is 126 cm³/mol. The first kappa shape index (κ1) is 22.1. The molecule has 1 aliphatic carbocycles. The molecule has 7 heteroatoms. The van der Waals surface area contributed by atoms with Gasteiger partial charge in [0.1, 0.15) is 11.3 Å². The van der Waals surface area contributed by atoms with E-state index in [1.54, 1.807) is 18.2 Å². The van der Waals surface area contributed by atoms with E-state index in [0.717, 1.165) is 36.3 Å². The molecule has 0 spiro atoms. The van der Waals surface area contributed by atoms with Crippen LogP contribution in [0, 0.1) is 5.92 Å². The van der Waals surface area contributed by atoms with Crippen molar-refractivity contribution in [3.63, 3.8) is 0 Å². The number of carbonyl (C=O) groups excluding carboxylic acids is 1. The van der Waals surface area contributed by atoms with Gasteiger partial charge in [-0.1, -0.05) is 49.9 Å². The number of hydrogen-bond acceptors (Lipinski definition) is 3. The predicted octanol–water partition coefficient (Wildman–Crippen LogP) is 6.54. The van der Waals surface area contributed by atoms with Crippen molar-refractivity contribution in [2.75, 3.05) is 6.54 Å². The highest BCUT2D eigenvalue weighted by Gasteiger charge is 2.26. The van der Waals surface area contributed by atoms with Gasteiger partial charge in [0.15, 0.2) is 5.65 Å². The third-order valence-electron chi connectivity index (χ3n) is 5.97. The van der Waals surface area contributed by atoms with Crippen molar-refractivity contribution in [1.29, 1.82) is 0 Å². The summed E-state index contributed by atoms with van der Waals surface area (Å²) in [7, 11) is 0. The van der Waals surface area contributed by atoms with E-state index in [-0.39, 0.29) is 5.91 Å². The lowest BCUT2D eigenvalue weighted by Crippen LogP contribution is -2.33. The molecule has 1 fully saturated rings. The number of halogens is 2. The minimum absolute atomic E-state index is 0.0581. The quantitative estimate of drug-likeness (QED) is 0.403. The molecule has 2 aromatic heterocycles. The third kappa shape index (κ3) is 4.88. The van der Waals surface area contributed by atoms with Gasteiger partial charge in [0, 0.05) is 24.3 Å². The molecular weight excluding hydrogens is 431 g/mol. The first-order chi connectivity index (χ1) is 14.9. The summed E-state index contributed by atoms with van der Waals surface area (Å²) >= 11 is 12.2. The van der Waals surface area contributed by atoms with E-state index in [1.807, 2.05) is 23.2 Å². The molecule has 0 N–H and O–H groups in total. The van der Waals surface area contributed by atoms with E-state index >= 15 is 0 Å². The largest absolute Gasteiger partial charge is 0.331 e. The van der Waals surface area contributed by atoms with Crippen LogP contribution in [0.4, 0.5) is 0 Å². The molecule has 164 valence electrons. The van der Waals surface area contributed by atoms with E-state index < -0.39 is 0 Å². The number of pyridine rings is 1. The van der Waals surface area contributed by atoms with E-state index in [2.05, 4.69) is 23.4 Å². The Hall–Kier alpha value is -2.11. The maximum atomic E-state index is 13.4. The van der Waals surface area contributed by atoms with E-state index in [4.69, 9.17) is 28.2 Å². The van der Waals surface area contributed by atoms with Crippen LogP contribution >= 0.6 is 23.2 Å². The zero-order chi connectivity index (χ0) is 22.0. The van der Waals surface area contributed by atoms with Crippen molar-refractivity contribution >= 4 is 40.3 Å². The molecule has 0 radical (unpaired) electrons. The van der Waals surface area contributed by atoms with Crippen molar-refractivity contribution < 1.29 is 4.79 Å². The van der Waals surface area contributed by atoms with Crippen LogP contribution in [-0.2, 0) is 6.54 Å². The van der Waals surface area contributed by atoms with Gasteiger partial charge in [-0.2, -0.15) is 0 Å². The number of aromatic nitrogens is 3. The summed E-state index contributed by atoms with van der Waals surface area (Å²) < 4.78 is 2.27. The van der Waals surface area contributed by atoms with Gasteiger partial charge in [0.05, 0.1) is 16.6 Å². The maximum Gasteiger partial charge on any atom is 0.254 e. The lowest BCUT2D eigenvalue weighted by atomic mass is 10.1. The van der Waals surface area contributed by atoms with E-state index in [9.17, 15) is 4.79 Å². The summed E-state index contributed by atoms with van der Waals surface area (Å²) in [4.78, 5) is 24.8. The second-order valence-electron chi connectivity index (χ2n) is 8.72. The zero-order valence-electron chi connectivity index (χ0n) is 18.0. The lowest BCUT2D eigenvalue weighted by Gasteiger charge is -2.25. The van der Waals surface area contributed by atoms with Crippen molar-refractivity contribution in [2.45, 2.75) is 58.5 Å². The van der Waals surface area contributed by atoms with Gasteiger partial charge < -0.3 is 9.47 Å². The van der Waals surface area contributed by atoms with Crippen LogP contribution in [-0.4, -0.2) is 31.9 Å². The Morgan fingerprint density at radius 1 is 1.19 bits per heavy atom. The number of nitrogens with zero attached hydrogens (tertiary/aromatic N) is 4. The molecule has 5 nitrogen and oxygen atoms in total. The number of benzene rings is 1. The number of imidazole rings is 1. The first-order valence-corrected chi connectivity index (χ1v) is 11.8. The second kappa shape index (κ2) is 9.58. The highest BCUT2D eigenvalue weighted by molar-refractivity contribution is 6.42. The number of carbonyl (C=O) groups is 1. The Balaban J connectivity index is 1.69. The molecule has 4 rings (SSSR count). The molecular formula is C24H28Cl2N4O. The molecule has 0 bridgehead atoms. The molecule has 1 aliphatic rings. The number of hydrogen-bond donors (Lipinski definition) is 0. The monoisotopic (exact) mass is 458 g/mol. The maximum absolute atomic E-state index is 13.4. The van der Waals surface area contributed by atoms with Crippen LogP contribution in [0.5, 0.6) is 0 Å². The normalized spacial score (nSPS) is 14.6. The highest BCUT2D eigenvalue weighted by atomic mass is 35.5. The van der Waals surface area contributed by atoms with Crippen LogP contribution < -0.4 is 0 Å². The molecule has 3 aromatic rings. The van der Waals surface area contributed by atoms with Gasteiger partial charge in [0.25, 0.3) is 5.91 Å². The van der Waals surface area contributed by atoms with E-state index in [1.165, 1.54) is 12.8 Å². The second-order valence-corrected chi connectivity index (χ2v) is 9.53. The first-order valence-electron chi connectivity index (χ1n) is 11.0. The summed E-state index contributed by atoms with van der Waals surface area (Å²) in [5, 5.41) is 0.833. The smallest absolute Gasteiger partial charge is 0.254 e. The molecule has 2 heterocycles. The SMILES string of the molecule is CC(C)CCN(Cc1nc2cccnc2n1C1CCCC1)C(=O)c1ccc(Cl)c(Cl)c1. The van der Waals surface area contributed by atoms with Crippen molar-refractivity contribution in [3.05, 3.63) is 58.0 Å². The summed E-state index contributed by atoms with van der Waals surface area (Å²) in [5.74, 6) is 1.33. The summed E-state index contributed by atoms with van der Waals surface area (Å²) in [6.07, 6.45) is 7.42. The highest BCUT2D eigenvalue weighted by Crippen LogP contribution is 2.33. The molecule has 1 saturated carbocycles. The van der Waals surface area contributed by atoms with Gasteiger partial charge in [-0.3, -0.25) is 4.79 Å². The Morgan fingerprint density at radius 2 is 1.97 bits per heavy atom. The minimum Gasteiger partial charge on any atom is -0.331 e. The van der Waals surface area contributed by atoms with Crippen LogP contribution in [0.2, 0.25) is 10.0 Å². The van der Waals surface area contributed by atoms with Crippen LogP contribution in [0.3, 0.4) is 0 Å². The van der Waals surface area contributed by atoms with Crippen molar-refractivity contribution in [3.8, 4) is 0 Å². The Kier molecular flexibility index (Phi) is 6.83. The Labute approximate surface area is 193 Å². The number of rotatable bonds is 7. The lowest BCUT2D eigenvalue weighted by molar-refractivity contribution is 0.0728. The van der Waals surface area contributed by atoms with Gasteiger partial charge >= 0.3 is 0 Å². The molecule has 31 heavy (non-hydrogen) atoms. The van der Waals surface area contributed by atoms with Gasteiger partial charge in [0.2, 0.25) is 0 Å². The van der Waals surface area contributed by atoms with Crippen molar-refractivity contribution in [2.24, 2.45) is 5.92 Å². The molecule has 1 aromatic carbocycles. The Bertz CT molecular complexity index is 1070. The van der Waals surface area contributed by atoms with Gasteiger partial charge in [-0.15, -0.1) is 0 Å². The molecule has 0 unspecified atom stereocenters.